The van der Waals surface area contributed by atoms with Crippen molar-refractivity contribution in [2.45, 2.75) is 50.1 Å². The van der Waals surface area contributed by atoms with Crippen LogP contribution in [-0.4, -0.2) is 14.5 Å². The van der Waals surface area contributed by atoms with Crippen molar-refractivity contribution in [1.29, 1.82) is 0 Å². The van der Waals surface area contributed by atoms with E-state index in [4.69, 9.17) is 3.79 Å². The average Bonchev–Trinajstić information content (AvgIpc) is 2.35. The van der Waals surface area contributed by atoms with E-state index in [-0.39, 0.29) is 5.82 Å². The van der Waals surface area contributed by atoms with Gasteiger partial charge >= 0.3 is 14.5 Å². The number of rotatable bonds is 8. The van der Waals surface area contributed by atoms with Crippen molar-refractivity contribution in [1.82, 2.24) is 0 Å². The van der Waals surface area contributed by atoms with Gasteiger partial charge in [-0.3, -0.25) is 0 Å². The Hall–Kier alpha value is -0.518. The third kappa shape index (κ3) is 6.10. The van der Waals surface area contributed by atoms with Gasteiger partial charge in [0.05, 0.1) is 5.75 Å². The second kappa shape index (κ2) is 8.56. The molecule has 1 aromatic carbocycles. The van der Waals surface area contributed by atoms with E-state index >= 15 is 0 Å². The molecule has 0 unspecified atom stereocenters. The predicted molar refractivity (Wildman–Crippen MR) is 72.2 cm³/mol. The van der Waals surface area contributed by atoms with Gasteiger partial charge < -0.3 is 3.79 Å². The fourth-order valence-corrected chi connectivity index (χ4v) is 4.62. The summed E-state index contributed by atoms with van der Waals surface area (Å²) in [7, 11) is 0. The van der Waals surface area contributed by atoms with E-state index in [2.05, 4.69) is 13.8 Å². The summed E-state index contributed by atoms with van der Waals surface area (Å²) in [6, 6.07) is 6.43. The van der Waals surface area contributed by atoms with Gasteiger partial charge in [0, 0.05) is 0 Å². The quantitative estimate of drug-likeness (QED) is 0.604. The Morgan fingerprint density at radius 2 is 1.53 bits per heavy atom. The zero-order valence-corrected chi connectivity index (χ0v) is 12.1. The molecule has 0 aromatic heterocycles. The topological polar surface area (TPSA) is 9.23 Å². The van der Waals surface area contributed by atoms with Gasteiger partial charge in [0.15, 0.2) is 0 Å². The minimum absolute atomic E-state index is 0.197. The molecule has 0 heterocycles. The number of hydrogen-bond acceptors (Lipinski definition) is 1. The zero-order valence-electron chi connectivity index (χ0n) is 10.9. The first-order chi connectivity index (χ1) is 8.26. The van der Waals surface area contributed by atoms with Crippen LogP contribution in [-0.2, 0) is 0 Å². The Morgan fingerprint density at radius 3 is 2.00 bits per heavy atom. The maximum absolute atomic E-state index is 12.8. The Balaban J connectivity index is 2.48. The molecule has 0 atom stereocenters. The summed E-state index contributed by atoms with van der Waals surface area (Å²) in [4.78, 5) is 0. The number of hydrogen-bond donors (Lipinski definition) is 0. The first-order valence-corrected chi connectivity index (χ1v) is 8.79. The molecule has 0 N–H and O–H groups in total. The van der Waals surface area contributed by atoms with Crippen LogP contribution in [0.25, 0.3) is 0 Å². The molecular weight excluding hydrogens is 230 g/mol. The van der Waals surface area contributed by atoms with E-state index in [0.29, 0.717) is 0 Å². The van der Waals surface area contributed by atoms with E-state index in [0.717, 1.165) is 5.75 Å². The van der Waals surface area contributed by atoms with Crippen molar-refractivity contribution in [3.05, 3.63) is 30.1 Å². The molecule has 0 amide bonds. The normalized spacial score (nSPS) is 10.3. The third-order valence-electron chi connectivity index (χ3n) is 2.88. The molecule has 3 heteroatoms. The summed E-state index contributed by atoms with van der Waals surface area (Å²) >= 11 is -1.13. The Labute approximate surface area is 109 Å². The van der Waals surface area contributed by atoms with E-state index in [1.54, 1.807) is 12.1 Å². The molecule has 1 aromatic rings. The summed E-state index contributed by atoms with van der Waals surface area (Å²) in [5.41, 5.74) is 0. The maximum Gasteiger partial charge on any atom is 0.546 e. The van der Waals surface area contributed by atoms with Crippen LogP contribution in [0.4, 0.5) is 4.39 Å². The molecule has 94 valence electrons. The van der Waals surface area contributed by atoms with Crippen molar-refractivity contribution in [2.75, 3.05) is 0 Å². The molecule has 17 heavy (non-hydrogen) atoms. The van der Waals surface area contributed by atoms with Gasteiger partial charge in [-0.05, 0) is 24.3 Å². The van der Waals surface area contributed by atoms with Gasteiger partial charge in [0.1, 0.15) is 5.82 Å². The van der Waals surface area contributed by atoms with Crippen molar-refractivity contribution >= 4 is 14.5 Å². The van der Waals surface area contributed by atoms with Crippen LogP contribution in [0.3, 0.4) is 0 Å². The highest BCUT2D eigenvalue weighted by molar-refractivity contribution is 6.52. The molecule has 0 fully saturated rings. The van der Waals surface area contributed by atoms with E-state index in [9.17, 15) is 4.39 Å². The fourth-order valence-electron chi connectivity index (χ4n) is 1.83. The summed E-state index contributed by atoms with van der Waals surface area (Å²) < 4.78 is 18.8. The first-order valence-electron chi connectivity index (χ1n) is 6.68. The molecule has 1 nitrogen and oxygen atoms in total. The summed E-state index contributed by atoms with van der Waals surface area (Å²) in [6.45, 7) is 4.42. The molecule has 0 aliphatic rings. The van der Waals surface area contributed by atoms with Crippen LogP contribution in [0.2, 0.25) is 10.6 Å². The van der Waals surface area contributed by atoms with Gasteiger partial charge in [0.25, 0.3) is 0 Å². The molecule has 1 rings (SSSR count). The lowest BCUT2D eigenvalue weighted by Gasteiger charge is -2.14. The smallest absolute Gasteiger partial charge is 0.546 e. The Kier molecular flexibility index (Phi) is 7.32. The first kappa shape index (κ1) is 14.5. The van der Waals surface area contributed by atoms with Crippen molar-refractivity contribution in [2.24, 2.45) is 0 Å². The van der Waals surface area contributed by atoms with E-state index in [1.807, 2.05) is 0 Å². The van der Waals surface area contributed by atoms with Gasteiger partial charge in [-0.2, -0.15) is 0 Å². The molecule has 0 spiro atoms. The zero-order chi connectivity index (χ0) is 12.5. The van der Waals surface area contributed by atoms with Crippen LogP contribution in [0.15, 0.2) is 24.3 Å². The third-order valence-corrected chi connectivity index (χ3v) is 5.59. The highest BCUT2D eigenvalue weighted by Gasteiger charge is 2.21. The number of halogens is 1. The van der Waals surface area contributed by atoms with Gasteiger partial charge in [-0.1, -0.05) is 50.1 Å². The maximum atomic E-state index is 12.8. The molecule has 0 aliphatic heterocycles. The number of benzene rings is 1. The highest BCUT2D eigenvalue weighted by atomic mass is 27.2. The second-order valence-electron chi connectivity index (χ2n) is 4.48. The summed E-state index contributed by atoms with van der Waals surface area (Å²) in [6.07, 6.45) is 4.95. The van der Waals surface area contributed by atoms with Gasteiger partial charge in [-0.25, -0.2) is 4.39 Å². The van der Waals surface area contributed by atoms with Crippen molar-refractivity contribution in [3.8, 4) is 5.75 Å². The fraction of sp³-hybridized carbons (Fsp3) is 0.571. The minimum Gasteiger partial charge on any atom is -0.643 e. The molecule has 0 saturated carbocycles. The SMILES string of the molecule is CCC[CH2][Al]([CH2]CCC)[O]c1ccc(F)cc1. The lowest BCUT2D eigenvalue weighted by atomic mass is 10.3. The summed E-state index contributed by atoms with van der Waals surface area (Å²) in [5, 5.41) is 2.46. The standard InChI is InChI=1S/C6H5FO.2C4H9.Al/c7-5-1-3-6(8)4-2-5;2*1-3-4-2;/h1-4,8H;2*1,3-4H2,2H3;/q;;;+1/p-1. The predicted octanol–water partition coefficient (Wildman–Crippen LogP) is 4.80. The Bertz CT molecular complexity index is 292. The molecule has 0 bridgehead atoms. The van der Waals surface area contributed by atoms with Gasteiger partial charge in [-0.15, -0.1) is 0 Å². The average molecular weight is 252 g/mol. The molecule has 0 saturated heterocycles. The van der Waals surface area contributed by atoms with Crippen LogP contribution in [0.5, 0.6) is 5.75 Å². The minimum atomic E-state index is -1.13. The molecule has 0 radical (unpaired) electrons. The highest BCUT2D eigenvalue weighted by Crippen LogP contribution is 2.17. The van der Waals surface area contributed by atoms with Crippen molar-refractivity contribution in [3.63, 3.8) is 0 Å². The second-order valence-corrected chi connectivity index (χ2v) is 7.11. The monoisotopic (exact) mass is 252 g/mol. The number of unbranched alkanes of at least 4 members (excludes halogenated alkanes) is 2. The largest absolute Gasteiger partial charge is 0.643 e. The van der Waals surface area contributed by atoms with Crippen LogP contribution in [0.1, 0.15) is 39.5 Å². The van der Waals surface area contributed by atoms with Crippen LogP contribution in [0, 0.1) is 5.82 Å². The lowest BCUT2D eigenvalue weighted by Crippen LogP contribution is -2.21. The lowest BCUT2D eigenvalue weighted by molar-refractivity contribution is 0.548. The summed E-state index contributed by atoms with van der Waals surface area (Å²) in [5.74, 6) is 0.646. The van der Waals surface area contributed by atoms with Gasteiger partial charge in [0.2, 0.25) is 0 Å². The molecular formula is C14H22AlFO. The van der Waals surface area contributed by atoms with E-state index in [1.165, 1.54) is 48.4 Å². The van der Waals surface area contributed by atoms with Crippen LogP contribution >= 0.6 is 0 Å². The van der Waals surface area contributed by atoms with Crippen molar-refractivity contribution < 1.29 is 8.18 Å². The molecule has 0 aliphatic carbocycles. The Morgan fingerprint density at radius 1 is 1.00 bits per heavy atom. The van der Waals surface area contributed by atoms with Crippen LogP contribution < -0.4 is 3.79 Å². The van der Waals surface area contributed by atoms with E-state index < -0.39 is 14.5 Å².